The molecular formula is C30H45NO3. The number of aryl methyl sites for hydroxylation is 1. The van der Waals surface area contributed by atoms with Gasteiger partial charge < -0.3 is 14.7 Å². The highest BCUT2D eigenvalue weighted by Crippen LogP contribution is 2.47. The van der Waals surface area contributed by atoms with Gasteiger partial charge in [0.15, 0.2) is 0 Å². The molecule has 0 bridgehead atoms. The largest absolute Gasteiger partial charge is 0.507 e. The Kier molecular flexibility index (Phi) is 8.67. The maximum Gasteiger partial charge on any atom is 0.316 e. The van der Waals surface area contributed by atoms with Crippen molar-refractivity contribution in [2.24, 2.45) is 11.3 Å². The van der Waals surface area contributed by atoms with Gasteiger partial charge in [-0.3, -0.25) is 4.79 Å². The number of unbranched alkanes of at least 4 members (excludes halogenated alkanes) is 2. The summed E-state index contributed by atoms with van der Waals surface area (Å²) in [6.07, 6.45) is 10.2. The van der Waals surface area contributed by atoms with E-state index in [0.29, 0.717) is 11.8 Å². The maximum atomic E-state index is 13.4. The molecule has 1 aliphatic heterocycles. The molecule has 1 aromatic rings. The molecule has 1 aromatic carbocycles. The fourth-order valence-electron chi connectivity index (χ4n) is 5.18. The van der Waals surface area contributed by atoms with Crippen LogP contribution >= 0.6 is 0 Å². The summed E-state index contributed by atoms with van der Waals surface area (Å²) >= 11 is 0. The van der Waals surface area contributed by atoms with Gasteiger partial charge in [-0.05, 0) is 96.9 Å². The SMILES string of the molecule is C=C(C)C1CCC(C)=C[C@H]1c1c(O)cc(CCCCC)cc1OC(=O)C(C)(C)CCC1CN1C. The molecule has 188 valence electrons. The van der Waals surface area contributed by atoms with Crippen molar-refractivity contribution in [3.05, 3.63) is 47.1 Å². The molecule has 0 radical (unpaired) electrons. The van der Waals surface area contributed by atoms with Gasteiger partial charge in [-0.15, -0.1) is 0 Å². The summed E-state index contributed by atoms with van der Waals surface area (Å²) in [5.41, 5.74) is 3.59. The molecule has 1 aliphatic carbocycles. The van der Waals surface area contributed by atoms with Crippen molar-refractivity contribution >= 4 is 5.97 Å². The lowest BCUT2D eigenvalue weighted by molar-refractivity contribution is -0.144. The van der Waals surface area contributed by atoms with E-state index in [-0.39, 0.29) is 23.6 Å². The number of likely N-dealkylation sites (N-methyl/N-ethyl adjacent to an activating group) is 1. The third-order valence-electron chi connectivity index (χ3n) is 7.81. The second-order valence-electron chi connectivity index (χ2n) is 11.4. The fraction of sp³-hybridized carbons (Fsp3) is 0.633. The van der Waals surface area contributed by atoms with Gasteiger partial charge in [0.05, 0.1) is 5.41 Å². The molecule has 3 unspecified atom stereocenters. The Morgan fingerprint density at radius 1 is 1.29 bits per heavy atom. The Morgan fingerprint density at radius 3 is 2.62 bits per heavy atom. The summed E-state index contributed by atoms with van der Waals surface area (Å²) < 4.78 is 6.16. The van der Waals surface area contributed by atoms with Crippen LogP contribution < -0.4 is 4.74 Å². The minimum atomic E-state index is -0.583. The van der Waals surface area contributed by atoms with Crippen molar-refractivity contribution < 1.29 is 14.6 Å². The summed E-state index contributed by atoms with van der Waals surface area (Å²) in [7, 11) is 2.12. The summed E-state index contributed by atoms with van der Waals surface area (Å²) in [6.45, 7) is 15.7. The molecule has 34 heavy (non-hydrogen) atoms. The third kappa shape index (κ3) is 6.53. The fourth-order valence-corrected chi connectivity index (χ4v) is 5.18. The van der Waals surface area contributed by atoms with Gasteiger partial charge in [-0.25, -0.2) is 0 Å². The first kappa shape index (κ1) is 26.5. The van der Waals surface area contributed by atoms with Crippen LogP contribution in [0.25, 0.3) is 0 Å². The predicted molar refractivity (Wildman–Crippen MR) is 140 cm³/mol. The van der Waals surface area contributed by atoms with Crippen LogP contribution in [0.4, 0.5) is 0 Å². The van der Waals surface area contributed by atoms with Crippen molar-refractivity contribution in [3.63, 3.8) is 0 Å². The van der Waals surface area contributed by atoms with Crippen LogP contribution in [-0.2, 0) is 11.2 Å². The van der Waals surface area contributed by atoms with Crippen LogP contribution in [0.5, 0.6) is 11.5 Å². The lowest BCUT2D eigenvalue weighted by Crippen LogP contribution is -2.30. The Balaban J connectivity index is 1.94. The number of allylic oxidation sites excluding steroid dienone is 3. The number of phenolic OH excluding ortho intramolecular Hbond substituents is 1. The Bertz CT molecular complexity index is 929. The summed E-state index contributed by atoms with van der Waals surface area (Å²) in [6, 6.07) is 4.46. The predicted octanol–water partition coefficient (Wildman–Crippen LogP) is 7.17. The standard InChI is InChI=1S/C30H45NO3/c1-8-9-10-11-22-17-26(32)28(25-16-21(4)12-13-24(25)20(2)3)27(18-22)34-29(33)30(5,6)15-14-23-19-31(23)7/h16-18,23-25,32H,2,8-15,19H2,1,3-7H3/t23?,24?,25-,31?/m1/s1. The number of hydrogen-bond donors (Lipinski definition) is 1. The van der Waals surface area contributed by atoms with Crippen LogP contribution in [0.2, 0.25) is 0 Å². The van der Waals surface area contributed by atoms with Crippen molar-refractivity contribution in [2.75, 3.05) is 13.6 Å². The van der Waals surface area contributed by atoms with Gasteiger partial charge in [0.25, 0.3) is 0 Å². The normalized spacial score (nSPS) is 24.5. The second-order valence-corrected chi connectivity index (χ2v) is 11.4. The summed E-state index contributed by atoms with van der Waals surface area (Å²) in [5, 5.41) is 11.2. The van der Waals surface area contributed by atoms with E-state index in [2.05, 4.69) is 45.4 Å². The molecule has 0 spiro atoms. The first-order valence-corrected chi connectivity index (χ1v) is 13.1. The van der Waals surface area contributed by atoms with Gasteiger partial charge in [0.1, 0.15) is 11.5 Å². The highest BCUT2D eigenvalue weighted by Gasteiger charge is 2.37. The van der Waals surface area contributed by atoms with Crippen LogP contribution in [0.1, 0.15) is 96.6 Å². The number of nitrogens with zero attached hydrogens (tertiary/aromatic N) is 1. The van der Waals surface area contributed by atoms with E-state index in [9.17, 15) is 9.90 Å². The van der Waals surface area contributed by atoms with Crippen molar-refractivity contribution in [1.82, 2.24) is 4.90 Å². The molecule has 1 N–H and O–H groups in total. The Hall–Kier alpha value is -2.07. The number of aromatic hydroxyl groups is 1. The van der Waals surface area contributed by atoms with Gasteiger partial charge in [0.2, 0.25) is 0 Å². The molecule has 1 fully saturated rings. The van der Waals surface area contributed by atoms with Crippen LogP contribution in [-0.4, -0.2) is 35.6 Å². The highest BCUT2D eigenvalue weighted by atomic mass is 16.5. The topological polar surface area (TPSA) is 49.5 Å². The van der Waals surface area contributed by atoms with E-state index >= 15 is 0 Å². The number of esters is 1. The number of hydrogen-bond acceptors (Lipinski definition) is 4. The molecule has 4 atom stereocenters. The highest BCUT2D eigenvalue weighted by molar-refractivity contribution is 5.79. The number of carbonyl (C=O) groups excluding carboxylic acids is 1. The zero-order chi connectivity index (χ0) is 25.0. The Labute approximate surface area is 207 Å². The first-order chi connectivity index (χ1) is 16.0. The maximum absolute atomic E-state index is 13.4. The van der Waals surface area contributed by atoms with Gasteiger partial charge in [0, 0.05) is 24.1 Å². The quantitative estimate of drug-likeness (QED) is 0.123. The first-order valence-electron chi connectivity index (χ1n) is 13.1. The van der Waals surface area contributed by atoms with E-state index < -0.39 is 5.41 Å². The number of carbonyl (C=O) groups is 1. The number of rotatable bonds is 11. The number of ether oxygens (including phenoxy) is 1. The smallest absolute Gasteiger partial charge is 0.316 e. The molecule has 0 amide bonds. The monoisotopic (exact) mass is 467 g/mol. The molecular weight excluding hydrogens is 422 g/mol. The molecule has 4 nitrogen and oxygen atoms in total. The zero-order valence-electron chi connectivity index (χ0n) is 22.2. The van der Waals surface area contributed by atoms with E-state index in [1.165, 1.54) is 5.57 Å². The minimum absolute atomic E-state index is 0.0398. The zero-order valence-corrected chi connectivity index (χ0v) is 22.2. The van der Waals surface area contributed by atoms with E-state index in [4.69, 9.17) is 4.74 Å². The second kappa shape index (κ2) is 11.1. The van der Waals surface area contributed by atoms with E-state index in [1.807, 2.05) is 26.0 Å². The van der Waals surface area contributed by atoms with E-state index in [0.717, 1.165) is 74.6 Å². The van der Waals surface area contributed by atoms with Crippen LogP contribution in [0.3, 0.4) is 0 Å². The van der Waals surface area contributed by atoms with Crippen LogP contribution in [0.15, 0.2) is 35.9 Å². The molecule has 0 saturated carbocycles. The van der Waals surface area contributed by atoms with Crippen LogP contribution in [0, 0.1) is 11.3 Å². The number of benzene rings is 1. The molecule has 0 aromatic heterocycles. The molecule has 4 heteroatoms. The lowest BCUT2D eigenvalue weighted by atomic mass is 9.73. The van der Waals surface area contributed by atoms with Crippen molar-refractivity contribution in [3.8, 4) is 11.5 Å². The summed E-state index contributed by atoms with van der Waals surface area (Å²) in [4.78, 5) is 15.7. The van der Waals surface area contributed by atoms with Gasteiger partial charge >= 0.3 is 5.97 Å². The number of phenols is 1. The minimum Gasteiger partial charge on any atom is -0.507 e. The molecule has 1 heterocycles. The third-order valence-corrected chi connectivity index (χ3v) is 7.81. The average molecular weight is 468 g/mol. The molecule has 3 rings (SSSR count). The van der Waals surface area contributed by atoms with Crippen molar-refractivity contribution in [2.45, 2.75) is 97.9 Å². The van der Waals surface area contributed by atoms with Gasteiger partial charge in [-0.2, -0.15) is 0 Å². The Morgan fingerprint density at radius 2 is 2.00 bits per heavy atom. The van der Waals surface area contributed by atoms with E-state index in [1.54, 1.807) is 0 Å². The lowest BCUT2D eigenvalue weighted by Gasteiger charge is -2.32. The average Bonchev–Trinajstić information content (AvgIpc) is 3.47. The van der Waals surface area contributed by atoms with Gasteiger partial charge in [-0.1, -0.05) is 43.6 Å². The van der Waals surface area contributed by atoms with Crippen molar-refractivity contribution in [1.29, 1.82) is 0 Å². The molecule has 2 aliphatic rings. The molecule has 1 saturated heterocycles. The summed E-state index contributed by atoms with van der Waals surface area (Å²) in [5.74, 6) is 0.718.